The number of alkyl halides is 3. The van der Waals surface area contributed by atoms with Gasteiger partial charge in [-0.05, 0) is 0 Å². The summed E-state index contributed by atoms with van der Waals surface area (Å²) >= 11 is 0. The third-order valence-electron chi connectivity index (χ3n) is 3.82. The topological polar surface area (TPSA) is 124 Å². The molecule has 0 aromatic rings. The van der Waals surface area contributed by atoms with Gasteiger partial charge in [0.2, 0.25) is 0 Å². The molecular formula is C15H22F3O10P. The predicted octanol–water partition coefficient (Wildman–Crippen LogP) is 1.60. The van der Waals surface area contributed by atoms with Crippen molar-refractivity contribution in [2.75, 3.05) is 20.4 Å². The molecule has 1 rings (SSSR count). The largest absolute Gasteiger partial charge is 0.456 e. The van der Waals surface area contributed by atoms with E-state index in [0.717, 1.165) is 35.0 Å². The fraction of sp³-hybridized carbons (Fsp3) is 0.800. The van der Waals surface area contributed by atoms with Gasteiger partial charge in [0.05, 0.1) is 6.16 Å². The monoisotopic (exact) mass is 450 g/mol. The maximum absolute atomic E-state index is 13.6. The molecular weight excluding hydrogens is 428 g/mol. The Morgan fingerprint density at radius 3 is 1.66 bits per heavy atom. The Hall–Kier alpha value is -1.69. The number of carbonyl (C=O) groups excluding carboxylic acids is 3. The highest BCUT2D eigenvalue weighted by atomic mass is 31.2. The molecule has 0 spiro atoms. The molecule has 1 fully saturated rings. The zero-order valence-corrected chi connectivity index (χ0v) is 17.2. The first-order chi connectivity index (χ1) is 13.2. The van der Waals surface area contributed by atoms with Crippen molar-refractivity contribution >= 4 is 25.5 Å². The molecule has 0 saturated carbocycles. The van der Waals surface area contributed by atoms with E-state index in [-0.39, 0.29) is 0 Å². The van der Waals surface area contributed by atoms with E-state index >= 15 is 0 Å². The number of hydrogen-bond acceptors (Lipinski definition) is 10. The number of rotatable bonds is 7. The minimum Gasteiger partial charge on any atom is -0.456 e. The Kier molecular flexibility index (Phi) is 8.63. The van der Waals surface area contributed by atoms with Crippen LogP contribution in [0.4, 0.5) is 13.2 Å². The number of halogens is 3. The van der Waals surface area contributed by atoms with Crippen LogP contribution in [-0.2, 0) is 46.9 Å². The van der Waals surface area contributed by atoms with E-state index in [1.165, 1.54) is 0 Å². The zero-order valence-electron chi connectivity index (χ0n) is 16.3. The van der Waals surface area contributed by atoms with Crippen LogP contribution in [0.15, 0.2) is 0 Å². The van der Waals surface area contributed by atoms with Crippen LogP contribution in [0.3, 0.4) is 0 Å². The van der Waals surface area contributed by atoms with Crippen molar-refractivity contribution in [2.24, 2.45) is 0 Å². The number of carbonyl (C=O) groups is 3. The normalized spacial score (nSPS) is 27.8. The van der Waals surface area contributed by atoms with Crippen molar-refractivity contribution in [1.82, 2.24) is 0 Å². The first-order valence-electron chi connectivity index (χ1n) is 8.18. The van der Waals surface area contributed by atoms with E-state index in [1.54, 1.807) is 0 Å². The van der Waals surface area contributed by atoms with E-state index in [0.29, 0.717) is 0 Å². The van der Waals surface area contributed by atoms with Crippen LogP contribution in [0.2, 0.25) is 0 Å². The summed E-state index contributed by atoms with van der Waals surface area (Å²) in [4.78, 5) is 34.4. The van der Waals surface area contributed by atoms with E-state index < -0.39 is 68.4 Å². The molecule has 14 heteroatoms. The molecule has 10 nitrogen and oxygen atoms in total. The molecule has 29 heavy (non-hydrogen) atoms. The maximum atomic E-state index is 13.6. The maximum Gasteiger partial charge on any atom is 0.418 e. The van der Waals surface area contributed by atoms with Crippen LogP contribution < -0.4 is 0 Å². The summed E-state index contributed by atoms with van der Waals surface area (Å²) in [5.74, 6) is -3.12. The van der Waals surface area contributed by atoms with Gasteiger partial charge in [-0.1, -0.05) is 0 Å². The van der Waals surface area contributed by atoms with Crippen LogP contribution in [-0.4, -0.2) is 75.0 Å². The van der Waals surface area contributed by atoms with Crippen molar-refractivity contribution in [3.05, 3.63) is 0 Å². The number of hydrogen-bond donors (Lipinski definition) is 0. The van der Waals surface area contributed by atoms with Crippen molar-refractivity contribution in [3.63, 3.8) is 0 Å². The molecule has 1 heterocycles. The fourth-order valence-corrected chi connectivity index (χ4v) is 3.93. The first-order valence-corrected chi connectivity index (χ1v) is 9.91. The lowest BCUT2D eigenvalue weighted by Gasteiger charge is -2.45. The van der Waals surface area contributed by atoms with Crippen LogP contribution in [0.25, 0.3) is 0 Å². The third-order valence-corrected chi connectivity index (χ3v) is 5.74. The highest BCUT2D eigenvalue weighted by molar-refractivity contribution is 7.53. The second-order valence-corrected chi connectivity index (χ2v) is 8.33. The molecule has 168 valence electrons. The molecule has 0 amide bonds. The number of ether oxygens (including phenoxy) is 4. The quantitative estimate of drug-likeness (QED) is 0.321. The highest BCUT2D eigenvalue weighted by Gasteiger charge is 2.61. The predicted molar refractivity (Wildman–Crippen MR) is 87.9 cm³/mol. The molecule has 1 aliphatic rings. The Balaban J connectivity index is 3.50. The van der Waals surface area contributed by atoms with Crippen LogP contribution >= 0.6 is 7.60 Å². The van der Waals surface area contributed by atoms with Gasteiger partial charge >= 0.3 is 31.7 Å². The van der Waals surface area contributed by atoms with E-state index in [4.69, 9.17) is 28.0 Å². The van der Waals surface area contributed by atoms with Crippen LogP contribution in [0, 0.1) is 0 Å². The first kappa shape index (κ1) is 25.3. The average molecular weight is 450 g/mol. The van der Waals surface area contributed by atoms with Gasteiger partial charge in [0.15, 0.2) is 24.4 Å². The molecule has 0 bridgehead atoms. The van der Waals surface area contributed by atoms with Crippen LogP contribution in [0.1, 0.15) is 20.8 Å². The van der Waals surface area contributed by atoms with Crippen molar-refractivity contribution in [1.29, 1.82) is 0 Å². The molecule has 1 saturated heterocycles. The Bertz CT molecular complexity index is 659. The average Bonchev–Trinajstić information content (AvgIpc) is 2.57. The van der Waals surface area contributed by atoms with Gasteiger partial charge in [-0.15, -0.1) is 0 Å². The molecule has 0 unspecified atom stereocenters. The SMILES string of the molecule is COP(=O)(C[C@@H]1O[C@@H](C(F)(F)F)[C@@H](OC(C)=O)[C@@H](OC(C)=O)[C@@H]1OC(C)=O)OC. The summed E-state index contributed by atoms with van der Waals surface area (Å²) in [6, 6.07) is 0. The second kappa shape index (κ2) is 9.88. The zero-order chi connectivity index (χ0) is 22.6. The standard InChI is InChI=1S/C15H22F3O10P/c1-7(19)25-11-10(6-29(22,23-4)24-5)28-14(15(16,17)18)13(27-9(3)21)12(11)26-8(2)20/h10-14H,6H2,1-5H3/t10-,11+,12-,13-,14+/m0/s1. The lowest BCUT2D eigenvalue weighted by atomic mass is 9.94. The molecule has 1 aliphatic heterocycles. The minimum absolute atomic E-state index is 0.769. The van der Waals surface area contributed by atoms with Gasteiger partial charge in [0, 0.05) is 35.0 Å². The molecule has 0 aliphatic carbocycles. The lowest BCUT2D eigenvalue weighted by Crippen LogP contribution is -2.65. The number of esters is 3. The molecule has 0 aromatic carbocycles. The summed E-state index contributed by atoms with van der Waals surface area (Å²) in [5, 5.41) is 0. The Labute approximate surface area is 164 Å². The fourth-order valence-electron chi connectivity index (χ4n) is 2.75. The summed E-state index contributed by atoms with van der Waals surface area (Å²) in [6.45, 7) is 2.69. The molecule has 0 radical (unpaired) electrons. The Morgan fingerprint density at radius 2 is 1.28 bits per heavy atom. The van der Waals surface area contributed by atoms with Gasteiger partial charge in [-0.3, -0.25) is 18.9 Å². The van der Waals surface area contributed by atoms with Crippen molar-refractivity contribution < 1.29 is 60.1 Å². The highest BCUT2D eigenvalue weighted by Crippen LogP contribution is 2.50. The summed E-state index contributed by atoms with van der Waals surface area (Å²) in [7, 11) is -1.95. The summed E-state index contributed by atoms with van der Waals surface area (Å²) in [6.07, 6.45) is -16.1. The lowest BCUT2D eigenvalue weighted by molar-refractivity contribution is -0.312. The van der Waals surface area contributed by atoms with Gasteiger partial charge in [0.1, 0.15) is 6.10 Å². The Morgan fingerprint density at radius 1 is 0.862 bits per heavy atom. The molecule has 0 aromatic heterocycles. The second-order valence-electron chi connectivity index (χ2n) is 6.02. The van der Waals surface area contributed by atoms with Crippen LogP contribution in [0.5, 0.6) is 0 Å². The summed E-state index contributed by atoms with van der Waals surface area (Å²) < 4.78 is 82.3. The van der Waals surface area contributed by atoms with Gasteiger partial charge in [-0.25, -0.2) is 0 Å². The van der Waals surface area contributed by atoms with E-state index in [1.807, 2.05) is 0 Å². The third kappa shape index (κ3) is 6.95. The molecule has 5 atom stereocenters. The van der Waals surface area contributed by atoms with Gasteiger partial charge in [0.25, 0.3) is 0 Å². The smallest absolute Gasteiger partial charge is 0.418 e. The van der Waals surface area contributed by atoms with E-state index in [2.05, 4.69) is 0 Å². The van der Waals surface area contributed by atoms with E-state index in [9.17, 15) is 32.1 Å². The van der Waals surface area contributed by atoms with Gasteiger partial charge in [-0.2, -0.15) is 13.2 Å². The van der Waals surface area contributed by atoms with Crippen molar-refractivity contribution in [3.8, 4) is 0 Å². The minimum atomic E-state index is -5.08. The molecule has 0 N–H and O–H groups in total. The summed E-state index contributed by atoms with van der Waals surface area (Å²) in [5.41, 5.74) is 0. The van der Waals surface area contributed by atoms with Crippen molar-refractivity contribution in [2.45, 2.75) is 57.5 Å². The van der Waals surface area contributed by atoms with Gasteiger partial charge < -0.3 is 28.0 Å².